The maximum absolute atomic E-state index is 5.77. The van der Waals surface area contributed by atoms with Crippen molar-refractivity contribution in [3.8, 4) is 5.75 Å². The SMILES string of the molecule is CCc1ccc(OC)c(C(=S)Cl)c1. The van der Waals surface area contributed by atoms with E-state index in [1.165, 1.54) is 5.56 Å². The van der Waals surface area contributed by atoms with Gasteiger partial charge in [-0.1, -0.05) is 36.8 Å². The molecule has 1 rings (SSSR count). The van der Waals surface area contributed by atoms with Crippen molar-refractivity contribution in [2.75, 3.05) is 7.11 Å². The van der Waals surface area contributed by atoms with E-state index in [9.17, 15) is 0 Å². The highest BCUT2D eigenvalue weighted by Crippen LogP contribution is 2.22. The fourth-order valence-corrected chi connectivity index (χ4v) is 1.44. The third-order valence-corrected chi connectivity index (χ3v) is 2.31. The third kappa shape index (κ3) is 2.42. The lowest BCUT2D eigenvalue weighted by Gasteiger charge is -2.07. The van der Waals surface area contributed by atoms with Gasteiger partial charge in [-0.15, -0.1) is 0 Å². The Hall–Kier alpha value is -0.600. The molecule has 1 aromatic rings. The molecule has 0 radical (unpaired) electrons. The van der Waals surface area contributed by atoms with Crippen LogP contribution >= 0.6 is 23.8 Å². The molecule has 13 heavy (non-hydrogen) atoms. The average molecular weight is 215 g/mol. The maximum atomic E-state index is 5.77. The van der Waals surface area contributed by atoms with E-state index in [2.05, 4.69) is 6.92 Å². The van der Waals surface area contributed by atoms with Crippen molar-refractivity contribution in [2.45, 2.75) is 13.3 Å². The molecular formula is C10H11ClOS. The molecule has 70 valence electrons. The molecule has 0 heterocycles. The van der Waals surface area contributed by atoms with Crippen molar-refractivity contribution < 1.29 is 4.74 Å². The van der Waals surface area contributed by atoms with E-state index in [4.69, 9.17) is 28.6 Å². The molecule has 0 spiro atoms. The summed E-state index contributed by atoms with van der Waals surface area (Å²) in [7, 11) is 1.61. The Kier molecular flexibility index (Phi) is 3.70. The van der Waals surface area contributed by atoms with Crippen LogP contribution in [0.5, 0.6) is 5.75 Å². The highest BCUT2D eigenvalue weighted by Gasteiger charge is 2.06. The summed E-state index contributed by atoms with van der Waals surface area (Å²) < 4.78 is 5.49. The summed E-state index contributed by atoms with van der Waals surface area (Å²) in [5.41, 5.74) is 2.01. The second-order valence-corrected chi connectivity index (χ2v) is 3.67. The predicted octanol–water partition coefficient (Wildman–Crippen LogP) is 3.17. The summed E-state index contributed by atoms with van der Waals surface area (Å²) in [5.74, 6) is 0.734. The van der Waals surface area contributed by atoms with Gasteiger partial charge < -0.3 is 4.74 Å². The average Bonchev–Trinajstić information content (AvgIpc) is 2.16. The lowest BCUT2D eigenvalue weighted by molar-refractivity contribution is 0.414. The minimum Gasteiger partial charge on any atom is -0.496 e. The number of ether oxygens (including phenoxy) is 1. The summed E-state index contributed by atoms with van der Waals surface area (Å²) >= 11 is 10.7. The molecule has 0 unspecified atom stereocenters. The molecule has 0 aliphatic heterocycles. The number of benzene rings is 1. The van der Waals surface area contributed by atoms with Crippen molar-refractivity contribution in [3.05, 3.63) is 29.3 Å². The number of rotatable bonds is 3. The van der Waals surface area contributed by atoms with Crippen molar-refractivity contribution in [1.82, 2.24) is 0 Å². The number of hydrogen-bond donors (Lipinski definition) is 0. The zero-order valence-corrected chi connectivity index (χ0v) is 9.21. The van der Waals surface area contributed by atoms with Gasteiger partial charge in [-0.2, -0.15) is 0 Å². The Morgan fingerprint density at radius 2 is 2.23 bits per heavy atom. The molecule has 3 heteroatoms. The molecule has 1 aromatic carbocycles. The number of halogens is 1. The Bertz CT molecular complexity index is 323. The van der Waals surface area contributed by atoms with Crippen LogP contribution in [0.3, 0.4) is 0 Å². The molecule has 0 fully saturated rings. The first-order valence-corrected chi connectivity index (χ1v) is 4.84. The summed E-state index contributed by atoms with van der Waals surface area (Å²) in [6.07, 6.45) is 0.969. The molecule has 0 aromatic heterocycles. The van der Waals surface area contributed by atoms with Crippen LogP contribution in [-0.2, 0) is 6.42 Å². The summed E-state index contributed by atoms with van der Waals surface area (Å²) in [6.45, 7) is 2.09. The van der Waals surface area contributed by atoms with Gasteiger partial charge in [0.05, 0.1) is 7.11 Å². The Balaban J connectivity index is 3.18. The minimum atomic E-state index is 0.354. The molecule has 0 aliphatic rings. The van der Waals surface area contributed by atoms with E-state index in [1.54, 1.807) is 7.11 Å². The van der Waals surface area contributed by atoms with Gasteiger partial charge in [-0.3, -0.25) is 0 Å². The molecule has 0 aliphatic carbocycles. The van der Waals surface area contributed by atoms with Gasteiger partial charge in [0.1, 0.15) is 10.1 Å². The topological polar surface area (TPSA) is 9.23 Å². The highest BCUT2D eigenvalue weighted by atomic mass is 35.5. The van der Waals surface area contributed by atoms with Crippen LogP contribution in [-0.4, -0.2) is 11.4 Å². The zero-order chi connectivity index (χ0) is 9.84. The first-order chi connectivity index (χ1) is 6.19. The van der Waals surface area contributed by atoms with Gasteiger partial charge >= 0.3 is 0 Å². The monoisotopic (exact) mass is 214 g/mol. The van der Waals surface area contributed by atoms with Crippen LogP contribution in [0.2, 0.25) is 0 Å². The highest BCUT2D eigenvalue weighted by molar-refractivity contribution is 7.83. The Morgan fingerprint density at radius 1 is 1.54 bits per heavy atom. The van der Waals surface area contributed by atoms with E-state index in [0.717, 1.165) is 17.7 Å². The molecule has 0 bridgehead atoms. The van der Waals surface area contributed by atoms with E-state index in [1.807, 2.05) is 18.2 Å². The summed E-state index contributed by atoms with van der Waals surface area (Å²) in [5, 5.41) is 0. The van der Waals surface area contributed by atoms with E-state index >= 15 is 0 Å². The van der Waals surface area contributed by atoms with Crippen LogP contribution in [0.15, 0.2) is 18.2 Å². The molecular weight excluding hydrogens is 204 g/mol. The lowest BCUT2D eigenvalue weighted by atomic mass is 10.1. The molecule has 0 atom stereocenters. The van der Waals surface area contributed by atoms with Gasteiger partial charge in [0, 0.05) is 5.56 Å². The predicted molar refractivity (Wildman–Crippen MR) is 59.9 cm³/mol. The van der Waals surface area contributed by atoms with Gasteiger partial charge in [-0.25, -0.2) is 0 Å². The molecule has 0 saturated heterocycles. The summed E-state index contributed by atoms with van der Waals surface area (Å²) in [6, 6.07) is 5.87. The number of aryl methyl sites for hydroxylation is 1. The number of hydrogen-bond acceptors (Lipinski definition) is 2. The normalized spacial score (nSPS) is 9.77. The van der Waals surface area contributed by atoms with E-state index in [0.29, 0.717) is 4.32 Å². The van der Waals surface area contributed by atoms with Crippen LogP contribution in [0.25, 0.3) is 0 Å². The van der Waals surface area contributed by atoms with Crippen LogP contribution < -0.4 is 4.74 Å². The van der Waals surface area contributed by atoms with Gasteiger partial charge in [0.25, 0.3) is 0 Å². The fourth-order valence-electron chi connectivity index (χ4n) is 1.13. The molecule has 1 nitrogen and oxygen atoms in total. The molecule has 0 amide bonds. The maximum Gasteiger partial charge on any atom is 0.128 e. The number of methoxy groups -OCH3 is 1. The second-order valence-electron chi connectivity index (χ2n) is 2.66. The Labute approximate surface area is 88.7 Å². The molecule has 0 N–H and O–H groups in total. The molecule has 0 saturated carbocycles. The largest absolute Gasteiger partial charge is 0.496 e. The van der Waals surface area contributed by atoms with Crippen molar-refractivity contribution >= 4 is 28.1 Å². The zero-order valence-electron chi connectivity index (χ0n) is 7.63. The van der Waals surface area contributed by atoms with Gasteiger partial charge in [0.2, 0.25) is 0 Å². The first-order valence-electron chi connectivity index (χ1n) is 4.05. The van der Waals surface area contributed by atoms with Gasteiger partial charge in [0.15, 0.2) is 0 Å². The van der Waals surface area contributed by atoms with Crippen molar-refractivity contribution in [2.24, 2.45) is 0 Å². The summed E-state index contributed by atoms with van der Waals surface area (Å²) in [4.78, 5) is 0. The quantitative estimate of drug-likeness (QED) is 0.565. The smallest absolute Gasteiger partial charge is 0.128 e. The fraction of sp³-hybridized carbons (Fsp3) is 0.300. The van der Waals surface area contributed by atoms with E-state index in [-0.39, 0.29) is 0 Å². The van der Waals surface area contributed by atoms with E-state index < -0.39 is 0 Å². The third-order valence-electron chi connectivity index (χ3n) is 1.88. The van der Waals surface area contributed by atoms with Crippen LogP contribution in [0, 0.1) is 0 Å². The van der Waals surface area contributed by atoms with Gasteiger partial charge in [-0.05, 0) is 24.1 Å². The second kappa shape index (κ2) is 4.58. The Morgan fingerprint density at radius 3 is 2.69 bits per heavy atom. The number of thiocarbonyl (C=S) groups is 1. The lowest BCUT2D eigenvalue weighted by Crippen LogP contribution is -1.95. The minimum absolute atomic E-state index is 0.354. The van der Waals surface area contributed by atoms with Crippen LogP contribution in [0.4, 0.5) is 0 Å². The van der Waals surface area contributed by atoms with Crippen molar-refractivity contribution in [3.63, 3.8) is 0 Å². The van der Waals surface area contributed by atoms with Crippen LogP contribution in [0.1, 0.15) is 18.1 Å². The standard InChI is InChI=1S/C10H11ClOS/c1-3-7-4-5-9(12-2)8(6-7)10(11)13/h4-6H,3H2,1-2H3. The first kappa shape index (κ1) is 10.5. The van der Waals surface area contributed by atoms with Crippen molar-refractivity contribution in [1.29, 1.82) is 0 Å².